The number of nitrogens with one attached hydrogen (secondary N) is 2. The Bertz CT molecular complexity index is 1130. The summed E-state index contributed by atoms with van der Waals surface area (Å²) in [6.45, 7) is 1.71. The topological polar surface area (TPSA) is 123 Å². The zero-order valence-corrected chi connectivity index (χ0v) is 21.2. The van der Waals surface area contributed by atoms with Gasteiger partial charge in [-0.1, -0.05) is 12.1 Å². The number of carbonyl (C=O) groups excluding carboxylic acids is 1. The molecule has 0 saturated heterocycles. The van der Waals surface area contributed by atoms with Crippen LogP contribution in [0.1, 0.15) is 49.8 Å². The third-order valence-corrected chi connectivity index (χ3v) is 7.18. The molecule has 0 radical (unpaired) electrons. The average Bonchev–Trinajstić information content (AvgIpc) is 3.64. The summed E-state index contributed by atoms with van der Waals surface area (Å²) >= 11 is 3.33. The smallest absolute Gasteiger partial charge is 0.326 e. The number of aryl methyl sites for hydroxylation is 2. The normalized spacial score (nSPS) is 16.6. The van der Waals surface area contributed by atoms with E-state index >= 15 is 0 Å². The number of hydrogen-bond acceptors (Lipinski definition) is 6. The van der Waals surface area contributed by atoms with Crippen molar-refractivity contribution in [2.24, 2.45) is 0 Å². The highest BCUT2D eigenvalue weighted by Gasteiger charge is 2.53. The maximum absolute atomic E-state index is 12.9. The third-order valence-electron chi connectivity index (χ3n) is 6.56. The van der Waals surface area contributed by atoms with Crippen LogP contribution in [-0.2, 0) is 32.7 Å². The van der Waals surface area contributed by atoms with Gasteiger partial charge in [-0.15, -0.1) is 0 Å². The molecule has 0 aromatic carbocycles. The van der Waals surface area contributed by atoms with E-state index < -0.39 is 23.5 Å². The standard InChI is InChI=1S/C25H31BrN4O5/c26-20-7-3-8-21(31)30(20)25(12-13-25)24(34)29-19(23(32)33)11-16-35-15-2-1-6-18-10-9-17-5-4-14-27-22(17)28-18/h3,7-10,19H,1-2,4-6,11-16H2,(H,27,28)(H,29,34)(H,32,33)/t19-/m0/s1. The molecule has 10 heteroatoms. The fourth-order valence-electron chi connectivity index (χ4n) is 4.42. The molecule has 4 rings (SSSR count). The van der Waals surface area contributed by atoms with Gasteiger partial charge in [-0.3, -0.25) is 14.2 Å². The zero-order chi connectivity index (χ0) is 24.8. The van der Waals surface area contributed by atoms with Crippen molar-refractivity contribution in [1.82, 2.24) is 14.9 Å². The van der Waals surface area contributed by atoms with Crippen LogP contribution >= 0.6 is 15.9 Å². The predicted molar refractivity (Wildman–Crippen MR) is 135 cm³/mol. The molecule has 3 N–H and O–H groups in total. The van der Waals surface area contributed by atoms with Crippen LogP contribution in [0.5, 0.6) is 0 Å². The van der Waals surface area contributed by atoms with Crippen molar-refractivity contribution in [2.75, 3.05) is 25.1 Å². The number of rotatable bonds is 12. The first-order chi connectivity index (χ1) is 16.9. The zero-order valence-electron chi connectivity index (χ0n) is 19.6. The van der Waals surface area contributed by atoms with Crippen LogP contribution in [0.15, 0.2) is 39.7 Å². The lowest BCUT2D eigenvalue weighted by Crippen LogP contribution is -2.50. The van der Waals surface area contributed by atoms with Gasteiger partial charge in [-0.2, -0.15) is 0 Å². The molecule has 35 heavy (non-hydrogen) atoms. The summed E-state index contributed by atoms with van der Waals surface area (Å²) in [6, 6.07) is 7.84. The van der Waals surface area contributed by atoms with Gasteiger partial charge in [0.05, 0.1) is 4.60 Å². The first kappa shape index (κ1) is 25.4. The lowest BCUT2D eigenvalue weighted by molar-refractivity contribution is -0.143. The molecular weight excluding hydrogens is 516 g/mol. The molecule has 1 atom stereocenters. The van der Waals surface area contributed by atoms with Crippen LogP contribution in [0.2, 0.25) is 0 Å². The minimum atomic E-state index is -1.12. The van der Waals surface area contributed by atoms with E-state index in [0.29, 0.717) is 24.1 Å². The second kappa shape index (κ2) is 11.3. The minimum Gasteiger partial charge on any atom is -0.480 e. The minimum absolute atomic E-state index is 0.153. The molecule has 2 aliphatic rings. The summed E-state index contributed by atoms with van der Waals surface area (Å²) in [5, 5.41) is 15.5. The molecule has 188 valence electrons. The van der Waals surface area contributed by atoms with E-state index in [2.05, 4.69) is 38.7 Å². The number of halogens is 1. The molecule has 1 fully saturated rings. The van der Waals surface area contributed by atoms with E-state index in [4.69, 9.17) is 9.72 Å². The molecule has 1 saturated carbocycles. The molecule has 9 nitrogen and oxygen atoms in total. The summed E-state index contributed by atoms with van der Waals surface area (Å²) in [4.78, 5) is 41.7. The number of carbonyl (C=O) groups is 2. The van der Waals surface area contributed by atoms with Gasteiger partial charge < -0.3 is 20.5 Å². The second-order valence-electron chi connectivity index (χ2n) is 9.12. The second-order valence-corrected chi connectivity index (χ2v) is 9.93. The van der Waals surface area contributed by atoms with Crippen LogP contribution in [0.4, 0.5) is 5.82 Å². The molecule has 2 aromatic rings. The maximum Gasteiger partial charge on any atom is 0.326 e. The number of amides is 1. The largest absolute Gasteiger partial charge is 0.480 e. The van der Waals surface area contributed by atoms with Crippen molar-refractivity contribution in [1.29, 1.82) is 0 Å². The van der Waals surface area contributed by atoms with E-state index in [-0.39, 0.29) is 18.6 Å². The highest BCUT2D eigenvalue weighted by atomic mass is 79.9. The Balaban J connectivity index is 1.19. The van der Waals surface area contributed by atoms with Gasteiger partial charge in [0.15, 0.2) is 0 Å². The summed E-state index contributed by atoms with van der Waals surface area (Å²) in [5.74, 6) is -0.570. The number of aromatic nitrogens is 2. The number of nitrogens with zero attached hydrogens (tertiary/aromatic N) is 2. The molecule has 1 aliphatic carbocycles. The van der Waals surface area contributed by atoms with Crippen molar-refractivity contribution >= 4 is 33.6 Å². The molecule has 0 bridgehead atoms. The van der Waals surface area contributed by atoms with Crippen LogP contribution in [0.25, 0.3) is 0 Å². The van der Waals surface area contributed by atoms with Crippen molar-refractivity contribution in [3.8, 4) is 0 Å². The lowest BCUT2D eigenvalue weighted by Gasteiger charge is -2.22. The molecule has 1 amide bonds. The molecular formula is C25H31BrN4O5. The summed E-state index contributed by atoms with van der Waals surface area (Å²) < 4.78 is 7.53. The highest BCUT2D eigenvalue weighted by molar-refractivity contribution is 9.10. The van der Waals surface area contributed by atoms with E-state index in [1.54, 1.807) is 12.1 Å². The molecule has 2 aromatic heterocycles. The molecule has 0 spiro atoms. The first-order valence-corrected chi connectivity index (χ1v) is 12.9. The summed E-state index contributed by atoms with van der Waals surface area (Å²) in [6.07, 6.45) is 5.97. The van der Waals surface area contributed by atoms with E-state index in [0.717, 1.165) is 50.2 Å². The number of carboxylic acid groups (broad SMARTS) is 1. The van der Waals surface area contributed by atoms with Crippen molar-refractivity contribution in [3.05, 3.63) is 56.5 Å². The Morgan fingerprint density at radius 1 is 1.23 bits per heavy atom. The van der Waals surface area contributed by atoms with Gasteiger partial charge in [-0.25, -0.2) is 9.78 Å². The van der Waals surface area contributed by atoms with Gasteiger partial charge in [0.1, 0.15) is 17.4 Å². The van der Waals surface area contributed by atoms with Gasteiger partial charge in [0, 0.05) is 37.9 Å². The highest BCUT2D eigenvalue weighted by Crippen LogP contribution is 2.44. The van der Waals surface area contributed by atoms with E-state index in [1.165, 1.54) is 16.2 Å². The van der Waals surface area contributed by atoms with E-state index in [9.17, 15) is 19.5 Å². The first-order valence-electron chi connectivity index (χ1n) is 12.1. The van der Waals surface area contributed by atoms with E-state index in [1.807, 2.05) is 0 Å². The number of ether oxygens (including phenoxy) is 1. The van der Waals surface area contributed by atoms with Crippen molar-refractivity contribution in [3.63, 3.8) is 0 Å². The molecule has 1 aliphatic heterocycles. The van der Waals surface area contributed by atoms with Crippen LogP contribution in [0.3, 0.4) is 0 Å². The summed E-state index contributed by atoms with van der Waals surface area (Å²) in [5.41, 5.74) is 1.000. The SMILES string of the molecule is O=C(O)[C@H](CCOCCCCc1ccc2c(n1)NCCC2)NC(=O)C1(n2c(Br)cccc2=O)CC1. The van der Waals surface area contributed by atoms with Crippen LogP contribution in [-0.4, -0.2) is 52.3 Å². The van der Waals surface area contributed by atoms with Crippen molar-refractivity contribution < 1.29 is 19.4 Å². The number of unbranched alkanes of at least 4 members (excludes halogenated alkanes) is 1. The van der Waals surface area contributed by atoms with Crippen LogP contribution < -0.4 is 16.2 Å². The van der Waals surface area contributed by atoms with Crippen LogP contribution in [0, 0.1) is 0 Å². The summed E-state index contributed by atoms with van der Waals surface area (Å²) in [7, 11) is 0. The fourth-order valence-corrected chi connectivity index (χ4v) is 5.09. The maximum atomic E-state index is 12.9. The number of carboxylic acids is 1. The monoisotopic (exact) mass is 546 g/mol. The van der Waals surface area contributed by atoms with Gasteiger partial charge >= 0.3 is 5.97 Å². The third kappa shape index (κ3) is 6.10. The lowest BCUT2D eigenvalue weighted by atomic mass is 10.1. The number of fused-ring (bicyclic) bond motifs is 1. The quantitative estimate of drug-likeness (QED) is 0.276. The fraction of sp³-hybridized carbons (Fsp3) is 0.520. The Morgan fingerprint density at radius 2 is 2.06 bits per heavy atom. The van der Waals surface area contributed by atoms with Crippen molar-refractivity contribution in [2.45, 2.75) is 62.9 Å². The predicted octanol–water partition coefficient (Wildman–Crippen LogP) is 2.85. The number of aliphatic carboxylic acids is 1. The Kier molecular flexibility index (Phi) is 8.22. The number of hydrogen-bond donors (Lipinski definition) is 3. The molecule has 0 unspecified atom stereocenters. The van der Waals surface area contributed by atoms with Gasteiger partial charge in [0.2, 0.25) is 5.91 Å². The average molecular weight is 547 g/mol. The Morgan fingerprint density at radius 3 is 2.80 bits per heavy atom. The number of pyridine rings is 2. The van der Waals surface area contributed by atoms with Gasteiger partial charge in [-0.05, 0) is 78.6 Å². The van der Waals surface area contributed by atoms with Gasteiger partial charge in [0.25, 0.3) is 5.56 Å². The Hall–Kier alpha value is -2.72. The Labute approximate surface area is 212 Å². The molecule has 3 heterocycles. The number of anilines is 1.